The molecule has 0 radical (unpaired) electrons. The van der Waals surface area contributed by atoms with Crippen molar-refractivity contribution >= 4 is 0 Å². The van der Waals surface area contributed by atoms with Gasteiger partial charge < -0.3 is 0 Å². The number of benzene rings is 7. The molecule has 2 aromatic heterocycles. The Labute approximate surface area is 316 Å². The molecule has 3 nitrogen and oxygen atoms in total. The first-order chi connectivity index (χ1) is 26.7. The minimum atomic E-state index is 0.711. The van der Waals surface area contributed by atoms with E-state index >= 15 is 0 Å². The van der Waals surface area contributed by atoms with Crippen LogP contribution in [0.2, 0.25) is 0 Å². The Morgan fingerprint density at radius 3 is 0.981 bits per heavy atom. The van der Waals surface area contributed by atoms with Crippen molar-refractivity contribution in [2.75, 3.05) is 0 Å². The van der Waals surface area contributed by atoms with Crippen molar-refractivity contribution in [3.63, 3.8) is 0 Å². The molecule has 0 spiro atoms. The summed E-state index contributed by atoms with van der Waals surface area (Å²) in [4.78, 5) is 15.1. The van der Waals surface area contributed by atoms with Gasteiger partial charge in [-0.25, -0.2) is 15.0 Å². The Kier molecular flexibility index (Phi) is 8.94. The summed E-state index contributed by atoms with van der Waals surface area (Å²) in [5.74, 6) is 0.711. The van der Waals surface area contributed by atoms with E-state index in [1.807, 2.05) is 48.5 Å². The van der Waals surface area contributed by atoms with Gasteiger partial charge in [-0.3, -0.25) is 0 Å². The molecule has 9 rings (SSSR count). The van der Waals surface area contributed by atoms with Gasteiger partial charge in [-0.15, -0.1) is 0 Å². The van der Waals surface area contributed by atoms with Gasteiger partial charge in [0.1, 0.15) is 0 Å². The summed E-state index contributed by atoms with van der Waals surface area (Å²) in [6.45, 7) is 0. The summed E-state index contributed by atoms with van der Waals surface area (Å²) in [6, 6.07) is 74.0. The molecule has 0 N–H and O–H groups in total. The van der Waals surface area contributed by atoms with E-state index in [4.69, 9.17) is 15.0 Å². The fourth-order valence-corrected chi connectivity index (χ4v) is 6.87. The maximum atomic E-state index is 5.07. The normalized spacial score (nSPS) is 11.0. The predicted molar refractivity (Wildman–Crippen MR) is 223 cm³/mol. The zero-order valence-electron chi connectivity index (χ0n) is 29.5. The molecule has 0 saturated heterocycles. The van der Waals surface area contributed by atoms with Gasteiger partial charge in [-0.05, 0) is 63.7 Å². The highest BCUT2D eigenvalue weighted by molar-refractivity contribution is 5.81. The van der Waals surface area contributed by atoms with Gasteiger partial charge in [0.2, 0.25) is 0 Å². The fourth-order valence-electron chi connectivity index (χ4n) is 6.87. The molecular weight excluding hydrogens is 655 g/mol. The topological polar surface area (TPSA) is 38.7 Å². The highest BCUT2D eigenvalue weighted by atomic mass is 14.9. The van der Waals surface area contributed by atoms with Crippen LogP contribution < -0.4 is 0 Å². The second-order valence-corrected chi connectivity index (χ2v) is 13.3. The Balaban J connectivity index is 1.04. The largest absolute Gasteiger partial charge is 0.248 e. The van der Waals surface area contributed by atoms with E-state index in [1.165, 1.54) is 0 Å². The van der Waals surface area contributed by atoms with Crippen molar-refractivity contribution in [3.8, 4) is 89.8 Å². The van der Waals surface area contributed by atoms with Crippen molar-refractivity contribution in [1.29, 1.82) is 0 Å². The molecule has 0 fully saturated rings. The monoisotopic (exact) mass is 689 g/mol. The van der Waals surface area contributed by atoms with Crippen LogP contribution in [0.5, 0.6) is 0 Å². The van der Waals surface area contributed by atoms with E-state index < -0.39 is 0 Å². The van der Waals surface area contributed by atoms with Crippen LogP contribution in [-0.4, -0.2) is 15.0 Å². The molecule has 0 atom stereocenters. The third-order valence-electron chi connectivity index (χ3n) is 9.70. The van der Waals surface area contributed by atoms with Crippen LogP contribution in [0.25, 0.3) is 89.8 Å². The summed E-state index contributed by atoms with van der Waals surface area (Å²) in [7, 11) is 0. The lowest BCUT2D eigenvalue weighted by Gasteiger charge is -2.12. The van der Waals surface area contributed by atoms with Gasteiger partial charge in [-0.1, -0.05) is 182 Å². The zero-order valence-corrected chi connectivity index (χ0v) is 29.5. The number of rotatable bonds is 8. The molecular formula is C51H35N3. The van der Waals surface area contributed by atoms with Crippen molar-refractivity contribution in [3.05, 3.63) is 212 Å². The van der Waals surface area contributed by atoms with Gasteiger partial charge in [-0.2, -0.15) is 0 Å². The first kappa shape index (κ1) is 32.7. The lowest BCUT2D eigenvalue weighted by Crippen LogP contribution is -1.96. The van der Waals surface area contributed by atoms with E-state index in [-0.39, 0.29) is 0 Å². The van der Waals surface area contributed by atoms with Crippen molar-refractivity contribution < 1.29 is 0 Å². The predicted octanol–water partition coefficient (Wildman–Crippen LogP) is 13.2. The van der Waals surface area contributed by atoms with E-state index in [0.717, 1.165) is 84.0 Å². The van der Waals surface area contributed by atoms with Crippen LogP contribution in [0.3, 0.4) is 0 Å². The van der Waals surface area contributed by atoms with Crippen molar-refractivity contribution in [1.82, 2.24) is 15.0 Å². The molecule has 54 heavy (non-hydrogen) atoms. The summed E-state index contributed by atoms with van der Waals surface area (Å²) < 4.78 is 0. The fraction of sp³-hybridized carbons (Fsp3) is 0. The molecule has 0 amide bonds. The average Bonchev–Trinajstić information content (AvgIpc) is 3.27. The number of pyridine rings is 1. The quantitative estimate of drug-likeness (QED) is 0.159. The smallest absolute Gasteiger partial charge is 0.160 e. The molecule has 0 unspecified atom stereocenters. The average molecular weight is 690 g/mol. The summed E-state index contributed by atoms with van der Waals surface area (Å²) in [5.41, 5.74) is 15.9. The molecule has 0 bridgehead atoms. The molecule has 2 heterocycles. The Morgan fingerprint density at radius 1 is 0.185 bits per heavy atom. The van der Waals surface area contributed by atoms with Gasteiger partial charge in [0.15, 0.2) is 5.82 Å². The van der Waals surface area contributed by atoms with E-state index in [2.05, 4.69) is 164 Å². The molecule has 254 valence electrons. The Morgan fingerprint density at radius 2 is 0.519 bits per heavy atom. The van der Waals surface area contributed by atoms with Crippen LogP contribution in [0.15, 0.2) is 212 Å². The van der Waals surface area contributed by atoms with Gasteiger partial charge in [0.05, 0.1) is 22.8 Å². The number of hydrogen-bond donors (Lipinski definition) is 0. The van der Waals surface area contributed by atoms with Crippen LogP contribution in [0.4, 0.5) is 0 Å². The first-order valence-corrected chi connectivity index (χ1v) is 18.2. The second-order valence-electron chi connectivity index (χ2n) is 13.3. The highest BCUT2D eigenvalue weighted by Gasteiger charge is 2.13. The summed E-state index contributed by atoms with van der Waals surface area (Å²) in [6.07, 6.45) is 0. The molecule has 7 aromatic carbocycles. The van der Waals surface area contributed by atoms with E-state index in [1.54, 1.807) is 0 Å². The highest BCUT2D eigenvalue weighted by Crippen LogP contribution is 2.34. The van der Waals surface area contributed by atoms with Crippen LogP contribution >= 0.6 is 0 Å². The third kappa shape index (κ3) is 6.99. The number of hydrogen-bond acceptors (Lipinski definition) is 3. The van der Waals surface area contributed by atoms with Gasteiger partial charge in [0.25, 0.3) is 0 Å². The Hall–Kier alpha value is -7.23. The maximum absolute atomic E-state index is 5.07. The first-order valence-electron chi connectivity index (χ1n) is 18.2. The minimum absolute atomic E-state index is 0.711. The van der Waals surface area contributed by atoms with E-state index in [9.17, 15) is 0 Å². The molecule has 0 aliphatic carbocycles. The van der Waals surface area contributed by atoms with Gasteiger partial charge >= 0.3 is 0 Å². The minimum Gasteiger partial charge on any atom is -0.248 e. The third-order valence-corrected chi connectivity index (χ3v) is 9.70. The Bertz CT molecular complexity index is 2370. The van der Waals surface area contributed by atoms with Gasteiger partial charge in [0, 0.05) is 27.8 Å². The number of nitrogens with zero attached hydrogens (tertiary/aromatic N) is 3. The van der Waals surface area contributed by atoms with E-state index in [0.29, 0.717) is 5.82 Å². The van der Waals surface area contributed by atoms with Crippen LogP contribution in [-0.2, 0) is 0 Å². The van der Waals surface area contributed by atoms with Crippen LogP contribution in [0.1, 0.15) is 0 Å². The van der Waals surface area contributed by atoms with Crippen molar-refractivity contribution in [2.45, 2.75) is 0 Å². The van der Waals surface area contributed by atoms with Crippen molar-refractivity contribution in [2.24, 2.45) is 0 Å². The van der Waals surface area contributed by atoms with Crippen LogP contribution in [0, 0.1) is 0 Å². The maximum Gasteiger partial charge on any atom is 0.160 e. The molecule has 0 aliphatic rings. The zero-order chi connectivity index (χ0) is 36.1. The lowest BCUT2D eigenvalue weighted by molar-refractivity contribution is 1.18. The molecule has 0 saturated carbocycles. The lowest BCUT2D eigenvalue weighted by atomic mass is 9.95. The summed E-state index contributed by atoms with van der Waals surface area (Å²) in [5, 5.41) is 0. The SMILES string of the molecule is c1ccc(-c2cc(-c3cccc(-c4ccc(-c5cccc(-c6cc(-c7ccccc7)nc(-c7ccccc7)n6)c5)cc4)c3)cc(-c3ccccc3)n2)cc1. The summed E-state index contributed by atoms with van der Waals surface area (Å²) >= 11 is 0. The molecule has 3 heteroatoms. The molecule has 9 aromatic rings. The number of aromatic nitrogens is 3. The molecule has 0 aliphatic heterocycles. The second kappa shape index (κ2) is 14.8. The standard InChI is InChI=1S/C51H35N3/c1-5-15-38(16-6-1)47-33-46(34-48(52-47)39-17-7-2-8-18-39)44-25-13-23-42(31-44)36-27-29-37(30-28-36)43-24-14-26-45(32-43)50-35-49(40-19-9-3-10-20-40)53-51(54-50)41-21-11-4-12-22-41/h1-35H.